The molecular formula is C16H20N4O2. The van der Waals surface area contributed by atoms with Crippen LogP contribution in [0.15, 0.2) is 36.5 Å². The van der Waals surface area contributed by atoms with Crippen molar-refractivity contribution in [3.8, 4) is 11.4 Å². The van der Waals surface area contributed by atoms with Gasteiger partial charge in [-0.3, -0.25) is 9.59 Å². The van der Waals surface area contributed by atoms with Crippen molar-refractivity contribution in [2.24, 2.45) is 11.7 Å². The summed E-state index contributed by atoms with van der Waals surface area (Å²) in [5.74, 6) is -0.0753. The Labute approximate surface area is 129 Å². The Morgan fingerprint density at radius 2 is 1.95 bits per heavy atom. The highest BCUT2D eigenvalue weighted by atomic mass is 16.2. The fourth-order valence-corrected chi connectivity index (χ4v) is 2.13. The van der Waals surface area contributed by atoms with Crippen LogP contribution >= 0.6 is 0 Å². The summed E-state index contributed by atoms with van der Waals surface area (Å²) in [6.45, 7) is 3.93. The summed E-state index contributed by atoms with van der Waals surface area (Å²) in [7, 11) is 0. The molecule has 0 bridgehead atoms. The predicted octanol–water partition coefficient (Wildman–Crippen LogP) is 1.71. The summed E-state index contributed by atoms with van der Waals surface area (Å²) >= 11 is 0. The maximum atomic E-state index is 12.2. The maximum Gasteiger partial charge on any atom is 0.270 e. The van der Waals surface area contributed by atoms with Crippen molar-refractivity contribution < 1.29 is 9.59 Å². The third kappa shape index (κ3) is 3.94. The number of nitrogens with two attached hydrogens (primary N) is 1. The fraction of sp³-hybridized carbons (Fsp3) is 0.312. The summed E-state index contributed by atoms with van der Waals surface area (Å²) in [5, 5.41) is 2.64. The summed E-state index contributed by atoms with van der Waals surface area (Å²) in [5.41, 5.74) is 6.51. The number of imidazole rings is 1. The fourth-order valence-electron chi connectivity index (χ4n) is 2.13. The molecule has 1 atom stereocenters. The van der Waals surface area contributed by atoms with Crippen molar-refractivity contribution in [2.75, 3.05) is 0 Å². The van der Waals surface area contributed by atoms with Gasteiger partial charge in [-0.25, -0.2) is 4.98 Å². The molecular weight excluding hydrogens is 280 g/mol. The number of primary amides is 1. The van der Waals surface area contributed by atoms with Crippen LogP contribution in [0.5, 0.6) is 0 Å². The second kappa shape index (κ2) is 6.89. The number of nitrogens with zero attached hydrogens (tertiary/aromatic N) is 1. The lowest BCUT2D eigenvalue weighted by atomic mass is 10.0. The van der Waals surface area contributed by atoms with E-state index in [1.807, 2.05) is 44.2 Å². The summed E-state index contributed by atoms with van der Waals surface area (Å²) < 4.78 is 0. The van der Waals surface area contributed by atoms with E-state index in [9.17, 15) is 9.59 Å². The third-order valence-electron chi connectivity index (χ3n) is 3.22. The molecule has 6 heteroatoms. The first-order valence-corrected chi connectivity index (χ1v) is 7.18. The van der Waals surface area contributed by atoms with E-state index in [1.54, 1.807) is 0 Å². The first kappa shape index (κ1) is 15.8. The maximum absolute atomic E-state index is 12.2. The first-order chi connectivity index (χ1) is 10.5. The number of carbonyl (C=O) groups is 2. The number of aromatic nitrogens is 2. The number of rotatable bonds is 6. The topological polar surface area (TPSA) is 101 Å². The third-order valence-corrected chi connectivity index (χ3v) is 3.22. The van der Waals surface area contributed by atoms with E-state index < -0.39 is 11.9 Å². The minimum absolute atomic E-state index is 0.249. The van der Waals surface area contributed by atoms with Crippen molar-refractivity contribution in [1.82, 2.24) is 15.3 Å². The van der Waals surface area contributed by atoms with Crippen LogP contribution in [0.1, 0.15) is 30.8 Å². The molecule has 0 radical (unpaired) electrons. The van der Waals surface area contributed by atoms with E-state index >= 15 is 0 Å². The van der Waals surface area contributed by atoms with Gasteiger partial charge < -0.3 is 16.0 Å². The Kier molecular flexibility index (Phi) is 4.93. The number of carbonyl (C=O) groups excluding carboxylic acids is 2. The molecule has 6 nitrogen and oxygen atoms in total. The van der Waals surface area contributed by atoms with Crippen molar-refractivity contribution in [1.29, 1.82) is 0 Å². The Morgan fingerprint density at radius 1 is 1.27 bits per heavy atom. The first-order valence-electron chi connectivity index (χ1n) is 7.18. The molecule has 1 heterocycles. The van der Waals surface area contributed by atoms with Gasteiger partial charge in [0, 0.05) is 5.56 Å². The second-order valence-electron chi connectivity index (χ2n) is 5.57. The van der Waals surface area contributed by atoms with Gasteiger partial charge in [-0.2, -0.15) is 0 Å². The molecule has 1 aromatic carbocycles. The highest BCUT2D eigenvalue weighted by molar-refractivity contribution is 5.96. The lowest BCUT2D eigenvalue weighted by Crippen LogP contribution is -2.45. The quantitative estimate of drug-likeness (QED) is 0.757. The van der Waals surface area contributed by atoms with Gasteiger partial charge in [0.15, 0.2) is 0 Å². The molecule has 0 spiro atoms. The Morgan fingerprint density at radius 3 is 2.55 bits per heavy atom. The molecule has 0 saturated heterocycles. The van der Waals surface area contributed by atoms with Crippen LogP contribution in [0, 0.1) is 5.92 Å². The van der Waals surface area contributed by atoms with Gasteiger partial charge in [-0.15, -0.1) is 0 Å². The molecule has 116 valence electrons. The number of benzene rings is 1. The van der Waals surface area contributed by atoms with Crippen molar-refractivity contribution in [2.45, 2.75) is 26.3 Å². The highest BCUT2D eigenvalue weighted by Crippen LogP contribution is 2.15. The van der Waals surface area contributed by atoms with Crippen LogP contribution in [0.3, 0.4) is 0 Å². The monoisotopic (exact) mass is 300 g/mol. The average Bonchev–Trinajstić information content (AvgIpc) is 2.96. The summed E-state index contributed by atoms with van der Waals surface area (Å²) in [4.78, 5) is 30.7. The van der Waals surface area contributed by atoms with E-state index in [1.165, 1.54) is 6.20 Å². The molecule has 22 heavy (non-hydrogen) atoms. The van der Waals surface area contributed by atoms with Crippen LogP contribution in [-0.4, -0.2) is 27.8 Å². The van der Waals surface area contributed by atoms with E-state index in [2.05, 4.69) is 15.3 Å². The van der Waals surface area contributed by atoms with Crippen LogP contribution in [-0.2, 0) is 4.79 Å². The van der Waals surface area contributed by atoms with Gasteiger partial charge >= 0.3 is 0 Å². The SMILES string of the molecule is CC(C)C[C@H](NC(=O)c1cnc(-c2ccccc2)[nH]1)C(N)=O. The zero-order chi connectivity index (χ0) is 16.1. The van der Waals surface area contributed by atoms with Crippen molar-refractivity contribution in [3.05, 3.63) is 42.2 Å². The summed E-state index contributed by atoms with van der Waals surface area (Å²) in [6, 6.07) is 8.80. The van der Waals surface area contributed by atoms with Crippen molar-refractivity contribution in [3.63, 3.8) is 0 Å². The second-order valence-corrected chi connectivity index (χ2v) is 5.57. The number of nitrogens with one attached hydrogen (secondary N) is 2. The largest absolute Gasteiger partial charge is 0.368 e. The molecule has 0 fully saturated rings. The molecule has 2 amide bonds. The smallest absolute Gasteiger partial charge is 0.270 e. The van der Waals surface area contributed by atoms with Gasteiger partial charge in [0.2, 0.25) is 5.91 Å². The Bertz CT molecular complexity index is 649. The number of hydrogen-bond acceptors (Lipinski definition) is 3. The van der Waals surface area contributed by atoms with E-state index in [4.69, 9.17) is 5.73 Å². The average molecular weight is 300 g/mol. The normalized spacial score (nSPS) is 12.1. The van der Waals surface area contributed by atoms with E-state index in [0.29, 0.717) is 17.9 Å². The van der Waals surface area contributed by atoms with Gasteiger partial charge in [-0.05, 0) is 12.3 Å². The minimum atomic E-state index is -0.684. The lowest BCUT2D eigenvalue weighted by molar-refractivity contribution is -0.120. The minimum Gasteiger partial charge on any atom is -0.368 e. The predicted molar refractivity (Wildman–Crippen MR) is 83.9 cm³/mol. The van der Waals surface area contributed by atoms with E-state index in [-0.39, 0.29) is 11.8 Å². The molecule has 0 unspecified atom stereocenters. The number of H-pyrrole nitrogens is 1. The molecule has 0 saturated carbocycles. The standard InChI is InChI=1S/C16H20N4O2/c1-10(2)8-12(14(17)21)20-16(22)13-9-18-15(19-13)11-6-4-3-5-7-11/h3-7,9-10,12H,8H2,1-2H3,(H2,17,21)(H,18,19)(H,20,22)/t12-/m0/s1. The number of hydrogen-bond donors (Lipinski definition) is 3. The molecule has 2 aromatic rings. The van der Waals surface area contributed by atoms with E-state index in [0.717, 1.165) is 5.56 Å². The van der Waals surface area contributed by atoms with Crippen LogP contribution in [0.4, 0.5) is 0 Å². The lowest BCUT2D eigenvalue weighted by Gasteiger charge is -2.16. The van der Waals surface area contributed by atoms with Gasteiger partial charge in [0.1, 0.15) is 17.6 Å². The van der Waals surface area contributed by atoms with Crippen LogP contribution < -0.4 is 11.1 Å². The number of aromatic amines is 1. The van der Waals surface area contributed by atoms with Gasteiger partial charge in [0.25, 0.3) is 5.91 Å². The molecule has 0 aliphatic rings. The van der Waals surface area contributed by atoms with Crippen molar-refractivity contribution >= 4 is 11.8 Å². The number of amides is 2. The van der Waals surface area contributed by atoms with Gasteiger partial charge in [0.05, 0.1) is 6.20 Å². The van der Waals surface area contributed by atoms with Gasteiger partial charge in [-0.1, -0.05) is 44.2 Å². The highest BCUT2D eigenvalue weighted by Gasteiger charge is 2.21. The Balaban J connectivity index is 2.10. The zero-order valence-electron chi connectivity index (χ0n) is 12.7. The van der Waals surface area contributed by atoms with Crippen LogP contribution in [0.25, 0.3) is 11.4 Å². The Hall–Kier alpha value is -2.63. The molecule has 0 aliphatic carbocycles. The molecule has 1 aromatic heterocycles. The zero-order valence-corrected chi connectivity index (χ0v) is 12.7. The molecule has 4 N–H and O–H groups in total. The molecule has 0 aliphatic heterocycles. The van der Waals surface area contributed by atoms with Crippen LogP contribution in [0.2, 0.25) is 0 Å². The summed E-state index contributed by atoms with van der Waals surface area (Å²) in [6.07, 6.45) is 1.95. The molecule has 2 rings (SSSR count).